The standard InChI is InChI=1S/C16H12N4O3/c17-15(21)12-2-1-3-13(8-12)20-9-14(18-19-20)10-4-6-11(7-5-10)16(22)23/h1-9H,(H2,17,21)(H,22,23). The van der Waals surface area contributed by atoms with Gasteiger partial charge in [-0.1, -0.05) is 23.4 Å². The number of primary amides is 1. The molecule has 1 heterocycles. The molecule has 0 saturated carbocycles. The van der Waals surface area contributed by atoms with Crippen molar-refractivity contribution >= 4 is 11.9 Å². The number of nitrogens with zero attached hydrogens (tertiary/aromatic N) is 3. The van der Waals surface area contributed by atoms with Crippen LogP contribution in [0.4, 0.5) is 0 Å². The van der Waals surface area contributed by atoms with Gasteiger partial charge in [-0.2, -0.15) is 0 Å². The van der Waals surface area contributed by atoms with E-state index in [1.807, 2.05) is 0 Å². The monoisotopic (exact) mass is 308 g/mol. The minimum atomic E-state index is -0.983. The minimum Gasteiger partial charge on any atom is -0.478 e. The molecular weight excluding hydrogens is 296 g/mol. The van der Waals surface area contributed by atoms with Gasteiger partial charge < -0.3 is 10.8 Å². The molecule has 0 atom stereocenters. The lowest BCUT2D eigenvalue weighted by Crippen LogP contribution is -2.11. The smallest absolute Gasteiger partial charge is 0.335 e. The Hall–Kier alpha value is -3.48. The molecule has 3 aromatic rings. The molecule has 7 nitrogen and oxygen atoms in total. The molecule has 0 spiro atoms. The van der Waals surface area contributed by atoms with Crippen molar-refractivity contribution in [3.63, 3.8) is 0 Å². The maximum absolute atomic E-state index is 11.2. The lowest BCUT2D eigenvalue weighted by molar-refractivity contribution is 0.0696. The fourth-order valence-electron chi connectivity index (χ4n) is 2.11. The summed E-state index contributed by atoms with van der Waals surface area (Å²) >= 11 is 0. The van der Waals surface area contributed by atoms with Crippen LogP contribution < -0.4 is 5.73 Å². The van der Waals surface area contributed by atoms with Crippen LogP contribution in [0.15, 0.2) is 54.7 Å². The second kappa shape index (κ2) is 5.72. The van der Waals surface area contributed by atoms with Gasteiger partial charge in [-0.05, 0) is 30.3 Å². The molecule has 114 valence electrons. The van der Waals surface area contributed by atoms with Crippen molar-refractivity contribution in [2.45, 2.75) is 0 Å². The zero-order valence-corrected chi connectivity index (χ0v) is 11.9. The highest BCUT2D eigenvalue weighted by Gasteiger charge is 2.08. The quantitative estimate of drug-likeness (QED) is 0.762. The van der Waals surface area contributed by atoms with E-state index in [-0.39, 0.29) is 5.56 Å². The summed E-state index contributed by atoms with van der Waals surface area (Å²) in [6, 6.07) is 13.1. The third kappa shape index (κ3) is 2.93. The number of carbonyl (C=O) groups is 2. The molecule has 23 heavy (non-hydrogen) atoms. The number of aromatic nitrogens is 3. The maximum Gasteiger partial charge on any atom is 0.335 e. The summed E-state index contributed by atoms with van der Waals surface area (Å²) in [4.78, 5) is 22.1. The van der Waals surface area contributed by atoms with Crippen LogP contribution in [0, 0.1) is 0 Å². The molecule has 0 unspecified atom stereocenters. The van der Waals surface area contributed by atoms with Crippen molar-refractivity contribution in [2.75, 3.05) is 0 Å². The van der Waals surface area contributed by atoms with E-state index >= 15 is 0 Å². The van der Waals surface area contributed by atoms with Gasteiger partial charge in [0.05, 0.1) is 17.4 Å². The van der Waals surface area contributed by atoms with Gasteiger partial charge >= 0.3 is 5.97 Å². The van der Waals surface area contributed by atoms with Crippen molar-refractivity contribution < 1.29 is 14.7 Å². The summed E-state index contributed by atoms with van der Waals surface area (Å²) in [6.45, 7) is 0. The molecule has 0 bridgehead atoms. The third-order valence-corrected chi connectivity index (χ3v) is 3.32. The fraction of sp³-hybridized carbons (Fsp3) is 0. The van der Waals surface area contributed by atoms with Crippen LogP contribution in [0.3, 0.4) is 0 Å². The van der Waals surface area contributed by atoms with Crippen molar-refractivity contribution in [3.05, 3.63) is 65.9 Å². The first-order valence-corrected chi connectivity index (χ1v) is 6.71. The molecule has 0 fully saturated rings. The molecule has 0 aliphatic heterocycles. The number of hydrogen-bond acceptors (Lipinski definition) is 4. The lowest BCUT2D eigenvalue weighted by atomic mass is 10.1. The molecule has 3 rings (SSSR count). The summed E-state index contributed by atoms with van der Waals surface area (Å²) in [5.41, 5.74) is 7.83. The van der Waals surface area contributed by atoms with Crippen LogP contribution in [0.1, 0.15) is 20.7 Å². The number of hydrogen-bond donors (Lipinski definition) is 2. The zero-order chi connectivity index (χ0) is 16.4. The van der Waals surface area contributed by atoms with Crippen LogP contribution in [0.2, 0.25) is 0 Å². The fourth-order valence-corrected chi connectivity index (χ4v) is 2.11. The molecule has 1 aromatic heterocycles. The van der Waals surface area contributed by atoms with E-state index in [0.717, 1.165) is 5.56 Å². The van der Waals surface area contributed by atoms with Crippen molar-refractivity contribution in [2.24, 2.45) is 5.73 Å². The second-order valence-electron chi connectivity index (χ2n) is 4.85. The van der Waals surface area contributed by atoms with Gasteiger partial charge in [-0.3, -0.25) is 4.79 Å². The van der Waals surface area contributed by atoms with Gasteiger partial charge in [0, 0.05) is 11.1 Å². The van der Waals surface area contributed by atoms with Gasteiger partial charge in [0.1, 0.15) is 5.69 Å². The Kier molecular flexibility index (Phi) is 3.60. The van der Waals surface area contributed by atoms with Crippen LogP contribution in [0.5, 0.6) is 0 Å². The van der Waals surface area contributed by atoms with Crippen molar-refractivity contribution in [1.29, 1.82) is 0 Å². The van der Waals surface area contributed by atoms with Crippen molar-refractivity contribution in [3.8, 4) is 16.9 Å². The zero-order valence-electron chi connectivity index (χ0n) is 11.9. The average Bonchev–Trinajstić information content (AvgIpc) is 3.05. The molecule has 0 radical (unpaired) electrons. The Labute approximate surface area is 131 Å². The Morgan fingerprint density at radius 2 is 1.78 bits per heavy atom. The number of aromatic carboxylic acids is 1. The first kappa shape index (κ1) is 14.5. The topological polar surface area (TPSA) is 111 Å². The highest BCUT2D eigenvalue weighted by molar-refractivity contribution is 5.93. The molecule has 0 aliphatic rings. The van der Waals surface area contributed by atoms with Gasteiger partial charge in [-0.25, -0.2) is 9.48 Å². The highest BCUT2D eigenvalue weighted by atomic mass is 16.4. The van der Waals surface area contributed by atoms with Gasteiger partial charge in [0.15, 0.2) is 0 Å². The SMILES string of the molecule is NC(=O)c1cccc(-n2cc(-c3ccc(C(=O)O)cc3)nn2)c1. The van der Waals surface area contributed by atoms with Gasteiger partial charge in [0.25, 0.3) is 0 Å². The van der Waals surface area contributed by atoms with E-state index in [0.29, 0.717) is 16.9 Å². The Bertz CT molecular complexity index is 884. The first-order valence-electron chi connectivity index (χ1n) is 6.71. The van der Waals surface area contributed by atoms with Crippen molar-refractivity contribution in [1.82, 2.24) is 15.0 Å². The highest BCUT2D eigenvalue weighted by Crippen LogP contribution is 2.19. The van der Waals surface area contributed by atoms with E-state index in [4.69, 9.17) is 10.8 Å². The van der Waals surface area contributed by atoms with E-state index in [2.05, 4.69) is 10.3 Å². The third-order valence-electron chi connectivity index (χ3n) is 3.32. The summed E-state index contributed by atoms with van der Waals surface area (Å²) in [5, 5.41) is 17.0. The van der Waals surface area contributed by atoms with Crippen LogP contribution >= 0.6 is 0 Å². The van der Waals surface area contributed by atoms with E-state index in [9.17, 15) is 9.59 Å². The number of amides is 1. The summed E-state index contributed by atoms with van der Waals surface area (Å²) in [6.07, 6.45) is 1.69. The Morgan fingerprint density at radius 3 is 2.43 bits per heavy atom. The molecule has 7 heteroatoms. The minimum absolute atomic E-state index is 0.204. The number of carbonyl (C=O) groups excluding carboxylic acids is 1. The number of rotatable bonds is 4. The Morgan fingerprint density at radius 1 is 1.04 bits per heavy atom. The maximum atomic E-state index is 11.2. The molecular formula is C16H12N4O3. The molecule has 2 aromatic carbocycles. The number of nitrogens with two attached hydrogens (primary N) is 1. The number of carboxylic acids is 1. The van der Waals surface area contributed by atoms with Crippen LogP contribution in [0.25, 0.3) is 16.9 Å². The van der Waals surface area contributed by atoms with Crippen LogP contribution in [-0.2, 0) is 0 Å². The van der Waals surface area contributed by atoms with Crippen LogP contribution in [-0.4, -0.2) is 32.0 Å². The summed E-state index contributed by atoms with van der Waals surface area (Å²) < 4.78 is 1.52. The number of carboxylic acid groups (broad SMARTS) is 1. The van der Waals surface area contributed by atoms with E-state index < -0.39 is 11.9 Å². The largest absolute Gasteiger partial charge is 0.478 e. The molecule has 1 amide bonds. The van der Waals surface area contributed by atoms with Gasteiger partial charge in [-0.15, -0.1) is 5.10 Å². The average molecular weight is 308 g/mol. The second-order valence-corrected chi connectivity index (χ2v) is 4.85. The van der Waals surface area contributed by atoms with Gasteiger partial charge in [0.2, 0.25) is 5.91 Å². The molecule has 0 saturated heterocycles. The number of benzene rings is 2. The van der Waals surface area contributed by atoms with E-state index in [1.54, 1.807) is 42.6 Å². The summed E-state index contributed by atoms with van der Waals surface area (Å²) in [7, 11) is 0. The predicted molar refractivity (Wildman–Crippen MR) is 82.3 cm³/mol. The molecule has 3 N–H and O–H groups in total. The predicted octanol–water partition coefficient (Wildman–Crippen LogP) is 1.73. The Balaban J connectivity index is 1.92. The summed E-state index contributed by atoms with van der Waals surface area (Å²) in [5.74, 6) is -1.50. The molecule has 0 aliphatic carbocycles. The van der Waals surface area contributed by atoms with E-state index in [1.165, 1.54) is 16.8 Å². The first-order chi connectivity index (χ1) is 11.0. The lowest BCUT2D eigenvalue weighted by Gasteiger charge is -2.01. The normalized spacial score (nSPS) is 10.4.